The van der Waals surface area contributed by atoms with E-state index in [4.69, 9.17) is 4.74 Å². The minimum atomic E-state index is -0.623. The second-order valence-electron chi connectivity index (χ2n) is 5.80. The monoisotopic (exact) mass is 321 g/mol. The number of amides is 2. The van der Waals surface area contributed by atoms with Crippen LogP contribution in [0.3, 0.4) is 0 Å². The third kappa shape index (κ3) is 8.21. The summed E-state index contributed by atoms with van der Waals surface area (Å²) in [6.07, 6.45) is 0.854. The lowest BCUT2D eigenvalue weighted by atomic mass is 10.0. The summed E-state index contributed by atoms with van der Waals surface area (Å²) in [6, 6.07) is 8.79. The molecule has 1 atom stereocenters. The zero-order chi connectivity index (χ0) is 17.1. The van der Waals surface area contributed by atoms with Crippen LogP contribution in [0.4, 0.5) is 4.79 Å². The zero-order valence-corrected chi connectivity index (χ0v) is 14.1. The summed E-state index contributed by atoms with van der Waals surface area (Å²) in [7, 11) is 0. The number of carbonyl (C=O) groups is 2. The number of nitrogens with one attached hydrogen (secondary N) is 3. The van der Waals surface area contributed by atoms with Crippen LogP contribution in [0, 0.1) is 5.92 Å². The summed E-state index contributed by atoms with van der Waals surface area (Å²) < 4.78 is 5.17. The molecule has 0 fully saturated rings. The maximum Gasteiger partial charge on any atom is 0.408 e. The van der Waals surface area contributed by atoms with E-state index in [1.807, 2.05) is 51.1 Å². The second kappa shape index (κ2) is 10.6. The molecule has 0 unspecified atom stereocenters. The van der Waals surface area contributed by atoms with Gasteiger partial charge in [-0.2, -0.15) is 0 Å². The highest BCUT2D eigenvalue weighted by Gasteiger charge is 2.22. The average Bonchev–Trinajstić information content (AvgIpc) is 2.53. The lowest BCUT2D eigenvalue weighted by molar-refractivity contribution is -0.124. The van der Waals surface area contributed by atoms with Crippen LogP contribution in [0.1, 0.15) is 39.2 Å². The van der Waals surface area contributed by atoms with Gasteiger partial charge in [0.15, 0.2) is 0 Å². The summed E-state index contributed by atoms with van der Waals surface area (Å²) in [6.45, 7) is 6.85. The van der Waals surface area contributed by atoms with Gasteiger partial charge in [-0.05, 0) is 24.3 Å². The van der Waals surface area contributed by atoms with E-state index in [-0.39, 0.29) is 18.4 Å². The molecule has 0 saturated carbocycles. The first-order valence-electron chi connectivity index (χ1n) is 8.02. The first-order chi connectivity index (χ1) is 11.0. The number of ether oxygens (including phenoxy) is 1. The van der Waals surface area contributed by atoms with Crippen molar-refractivity contribution in [3.8, 4) is 0 Å². The van der Waals surface area contributed by atoms with Gasteiger partial charge in [0, 0.05) is 6.54 Å². The molecule has 0 radical (unpaired) electrons. The standard InChI is InChI=1S/C17H27N3O3/c1-4-10-18-20-16(21)15(11-13(2)3)19-17(22)23-12-14-8-6-5-7-9-14/h5-9,13,15,18H,4,10-12H2,1-3H3,(H,19,22)(H,20,21)/t15-/m0/s1. The lowest BCUT2D eigenvalue weighted by Crippen LogP contribution is -2.51. The van der Waals surface area contributed by atoms with E-state index in [0.29, 0.717) is 13.0 Å². The van der Waals surface area contributed by atoms with E-state index in [1.165, 1.54) is 0 Å². The molecule has 0 heterocycles. The molecular weight excluding hydrogens is 294 g/mol. The predicted molar refractivity (Wildman–Crippen MR) is 89.4 cm³/mol. The van der Waals surface area contributed by atoms with Gasteiger partial charge in [0.2, 0.25) is 0 Å². The molecule has 0 aromatic heterocycles. The van der Waals surface area contributed by atoms with Gasteiger partial charge >= 0.3 is 6.09 Å². The molecule has 1 aromatic carbocycles. The number of benzene rings is 1. The van der Waals surface area contributed by atoms with Crippen LogP contribution in [0.2, 0.25) is 0 Å². The Morgan fingerprint density at radius 2 is 1.87 bits per heavy atom. The van der Waals surface area contributed by atoms with Crippen LogP contribution < -0.4 is 16.2 Å². The fourth-order valence-corrected chi connectivity index (χ4v) is 1.97. The number of hydrogen-bond donors (Lipinski definition) is 3. The Hall–Kier alpha value is -2.08. The molecule has 1 rings (SSSR count). The molecule has 0 aliphatic carbocycles. The van der Waals surface area contributed by atoms with Gasteiger partial charge in [0.25, 0.3) is 5.91 Å². The van der Waals surface area contributed by atoms with Gasteiger partial charge < -0.3 is 10.1 Å². The average molecular weight is 321 g/mol. The van der Waals surface area contributed by atoms with Crippen molar-refractivity contribution >= 4 is 12.0 Å². The van der Waals surface area contributed by atoms with E-state index in [2.05, 4.69) is 16.2 Å². The normalized spacial score (nSPS) is 11.8. The summed E-state index contributed by atoms with van der Waals surface area (Å²) >= 11 is 0. The Morgan fingerprint density at radius 3 is 2.48 bits per heavy atom. The summed E-state index contributed by atoms with van der Waals surface area (Å²) in [5.41, 5.74) is 6.34. The molecule has 0 aliphatic heterocycles. The first-order valence-corrected chi connectivity index (χ1v) is 8.02. The molecule has 0 spiro atoms. The molecule has 1 aromatic rings. The molecule has 0 bridgehead atoms. The number of carbonyl (C=O) groups excluding carboxylic acids is 2. The highest BCUT2D eigenvalue weighted by atomic mass is 16.5. The molecule has 23 heavy (non-hydrogen) atoms. The van der Waals surface area contributed by atoms with Crippen molar-refractivity contribution in [2.24, 2.45) is 5.92 Å². The Bertz CT molecular complexity index is 477. The van der Waals surface area contributed by atoms with E-state index >= 15 is 0 Å². The zero-order valence-electron chi connectivity index (χ0n) is 14.1. The summed E-state index contributed by atoms with van der Waals surface area (Å²) in [5.74, 6) is 0.00941. The minimum absolute atomic E-state index is 0.177. The van der Waals surface area contributed by atoms with Crippen LogP contribution in [0.5, 0.6) is 0 Å². The van der Waals surface area contributed by atoms with Crippen LogP contribution in [-0.4, -0.2) is 24.6 Å². The van der Waals surface area contributed by atoms with Crippen molar-refractivity contribution in [1.82, 2.24) is 16.2 Å². The molecule has 0 saturated heterocycles. The highest BCUT2D eigenvalue weighted by molar-refractivity contribution is 5.85. The van der Waals surface area contributed by atoms with Crippen LogP contribution in [0.25, 0.3) is 0 Å². The van der Waals surface area contributed by atoms with Crippen molar-refractivity contribution in [3.63, 3.8) is 0 Å². The van der Waals surface area contributed by atoms with Gasteiger partial charge in [-0.1, -0.05) is 51.1 Å². The SMILES string of the molecule is CCCNNC(=O)[C@H](CC(C)C)NC(=O)OCc1ccccc1. The second-order valence-corrected chi connectivity index (χ2v) is 5.80. The molecule has 0 aliphatic rings. The third-order valence-electron chi connectivity index (χ3n) is 3.12. The van der Waals surface area contributed by atoms with Crippen molar-refractivity contribution < 1.29 is 14.3 Å². The molecular formula is C17H27N3O3. The lowest BCUT2D eigenvalue weighted by Gasteiger charge is -2.20. The fraction of sp³-hybridized carbons (Fsp3) is 0.529. The van der Waals surface area contributed by atoms with E-state index < -0.39 is 12.1 Å². The molecule has 6 nitrogen and oxygen atoms in total. The quantitative estimate of drug-likeness (QED) is 0.482. The maximum atomic E-state index is 12.1. The number of hydrazine groups is 1. The number of rotatable bonds is 9. The largest absolute Gasteiger partial charge is 0.445 e. The Morgan fingerprint density at radius 1 is 1.17 bits per heavy atom. The summed E-state index contributed by atoms with van der Waals surface area (Å²) in [4.78, 5) is 24.0. The Kier molecular flexibility index (Phi) is 8.75. The predicted octanol–water partition coefficient (Wildman–Crippen LogP) is 2.36. The van der Waals surface area contributed by atoms with Crippen molar-refractivity contribution in [2.75, 3.05) is 6.54 Å². The Labute approximate surface area is 138 Å². The molecule has 6 heteroatoms. The maximum absolute atomic E-state index is 12.1. The molecule has 2 amide bonds. The number of hydrogen-bond acceptors (Lipinski definition) is 4. The first kappa shape index (κ1) is 19.0. The molecule has 128 valence electrons. The van der Waals surface area contributed by atoms with E-state index in [1.54, 1.807) is 0 Å². The molecule has 3 N–H and O–H groups in total. The van der Waals surface area contributed by atoms with Gasteiger partial charge in [-0.25, -0.2) is 10.2 Å². The van der Waals surface area contributed by atoms with E-state index in [9.17, 15) is 9.59 Å². The number of alkyl carbamates (subject to hydrolysis) is 1. The van der Waals surface area contributed by atoms with Crippen LogP contribution in [-0.2, 0) is 16.1 Å². The topological polar surface area (TPSA) is 79.5 Å². The third-order valence-corrected chi connectivity index (χ3v) is 3.12. The summed E-state index contributed by atoms with van der Waals surface area (Å²) in [5, 5.41) is 2.63. The van der Waals surface area contributed by atoms with Crippen LogP contribution in [0.15, 0.2) is 30.3 Å². The Balaban J connectivity index is 2.47. The highest BCUT2D eigenvalue weighted by Crippen LogP contribution is 2.06. The smallest absolute Gasteiger partial charge is 0.408 e. The van der Waals surface area contributed by atoms with Crippen molar-refractivity contribution in [3.05, 3.63) is 35.9 Å². The van der Waals surface area contributed by atoms with Gasteiger partial charge in [0.05, 0.1) is 0 Å². The van der Waals surface area contributed by atoms with Crippen molar-refractivity contribution in [1.29, 1.82) is 0 Å². The minimum Gasteiger partial charge on any atom is -0.445 e. The van der Waals surface area contributed by atoms with Gasteiger partial charge in [-0.3, -0.25) is 10.2 Å². The van der Waals surface area contributed by atoms with E-state index in [0.717, 1.165) is 12.0 Å². The fourth-order valence-electron chi connectivity index (χ4n) is 1.97. The van der Waals surface area contributed by atoms with Crippen LogP contribution >= 0.6 is 0 Å². The van der Waals surface area contributed by atoms with Gasteiger partial charge in [0.1, 0.15) is 12.6 Å². The van der Waals surface area contributed by atoms with Gasteiger partial charge in [-0.15, -0.1) is 0 Å². The van der Waals surface area contributed by atoms with Crippen molar-refractivity contribution in [2.45, 2.75) is 46.3 Å².